The second kappa shape index (κ2) is 41.5. The number of Topliss-reactive ketones (excluding diaryl/α,β-unsaturated/α-hetero) is 3. The number of fused-ring (bicyclic) bond motifs is 6. The number of para-hydroxylation sites is 1. The lowest BCUT2D eigenvalue weighted by Gasteiger charge is -2.31. The van der Waals surface area contributed by atoms with Crippen LogP contribution in [0.5, 0.6) is 0 Å². The zero-order valence-electron chi connectivity index (χ0n) is 59.5. The van der Waals surface area contributed by atoms with Crippen LogP contribution < -0.4 is 32.6 Å². The number of ketones is 3. The Balaban J connectivity index is 0.538. The van der Waals surface area contributed by atoms with Crippen LogP contribution >= 0.6 is 0 Å². The van der Waals surface area contributed by atoms with Gasteiger partial charge in [0.05, 0.1) is 113 Å². The number of esters is 1. The number of amidine groups is 1. The molecule has 0 bridgehead atoms. The molecule has 0 saturated heterocycles. The Kier molecular flexibility index (Phi) is 32.1. The molecule has 3 amide bonds. The Morgan fingerprint density at radius 1 is 0.724 bits per heavy atom. The summed E-state index contributed by atoms with van der Waals surface area (Å²) in [7, 11) is 0. The summed E-state index contributed by atoms with van der Waals surface area (Å²) in [5.74, 6) is -6.61. The van der Waals surface area contributed by atoms with Gasteiger partial charge >= 0.3 is 11.9 Å². The molecule has 5 aromatic rings. The molecule has 2 atom stereocenters. The van der Waals surface area contributed by atoms with E-state index in [0.29, 0.717) is 166 Å². The molecule has 105 heavy (non-hydrogen) atoms. The summed E-state index contributed by atoms with van der Waals surface area (Å²) in [5, 5.41) is 32.4. The minimum atomic E-state index is -3.33. The first-order valence-corrected chi connectivity index (χ1v) is 35.8. The van der Waals surface area contributed by atoms with Crippen molar-refractivity contribution >= 4 is 81.0 Å². The van der Waals surface area contributed by atoms with Crippen LogP contribution in [0.3, 0.4) is 0 Å². The summed E-state index contributed by atoms with van der Waals surface area (Å²) in [6, 6.07) is 13.1. The van der Waals surface area contributed by atoms with Gasteiger partial charge in [-0.15, -0.1) is 0 Å². The first-order chi connectivity index (χ1) is 50.6. The summed E-state index contributed by atoms with van der Waals surface area (Å²) in [4.78, 5) is 135. The number of aliphatic imine (C=N–C) groups is 2. The number of benzene rings is 2. The molecular weight excluding hydrogens is 1370 g/mol. The van der Waals surface area contributed by atoms with Crippen molar-refractivity contribution in [3.05, 3.63) is 110 Å². The van der Waals surface area contributed by atoms with Gasteiger partial charge in [0.25, 0.3) is 17.4 Å². The van der Waals surface area contributed by atoms with E-state index in [1.807, 2.05) is 0 Å². The molecule has 3 aliphatic heterocycles. The highest BCUT2D eigenvalue weighted by Gasteiger charge is 2.47. The standard InChI is InChI=1S/C74H95F2N11O18/c1-3-73(98)57-41-60-66-55(46-87(60)70(94)56(57)47-105-72(73)97)65(54-16-4-5-17-58(54)84-66)74(75,76)26-10-13-48(2)80-45-53(89)15-7-9-30-100-34-38-103-37-33-99-29-8-6-14-52(88)22-24-63(91)78-27-11-31-101-35-39-104-40-36-102-32-12-28-79-64(92)25-23-59(71(95)96)85-69(93)49-18-20-50(21-19-49)81-43-51-44-82-68-67(83-51)61(90)42-62(77)86-68/h4-5,16-21,41,44,59,81,98H,3,6-15,22-40,42-43,45-47H2,1-2H3,(H,78,91)(H,79,92)(H,85,93)(H,95,96)(H2,77,82,86). The molecule has 31 heteroatoms. The van der Waals surface area contributed by atoms with Crippen molar-refractivity contribution in [3.8, 4) is 11.4 Å². The number of aromatic nitrogens is 4. The molecule has 3 aliphatic rings. The van der Waals surface area contributed by atoms with Gasteiger partial charge in [0.2, 0.25) is 11.8 Å². The van der Waals surface area contributed by atoms with E-state index in [1.165, 1.54) is 29.0 Å². The number of nitrogens with zero attached hydrogens (tertiary/aromatic N) is 6. The minimum absolute atomic E-state index is 0.0149. The van der Waals surface area contributed by atoms with E-state index in [9.17, 15) is 53.4 Å². The van der Waals surface area contributed by atoms with Gasteiger partial charge in [-0.25, -0.2) is 38.3 Å². The number of halogens is 2. The number of hydrogen-bond donors (Lipinski definition) is 7. The van der Waals surface area contributed by atoms with Gasteiger partial charge < -0.3 is 74.9 Å². The fraction of sp³-hybridized carbons (Fsp3) is 0.541. The van der Waals surface area contributed by atoms with Gasteiger partial charge in [-0.2, -0.15) is 0 Å². The molecule has 0 aliphatic carbocycles. The van der Waals surface area contributed by atoms with E-state index in [2.05, 4.69) is 41.2 Å². The van der Waals surface area contributed by atoms with Crippen LogP contribution in [0.2, 0.25) is 0 Å². The van der Waals surface area contributed by atoms with E-state index >= 15 is 8.78 Å². The van der Waals surface area contributed by atoms with Crippen LogP contribution in [0, 0.1) is 0 Å². The molecule has 2 unspecified atom stereocenters. The van der Waals surface area contributed by atoms with Gasteiger partial charge in [0.1, 0.15) is 24.3 Å². The fourth-order valence-electron chi connectivity index (χ4n) is 11.9. The lowest BCUT2D eigenvalue weighted by molar-refractivity contribution is -0.172. The number of aliphatic hydroxyl groups is 1. The maximum atomic E-state index is 16.6. The summed E-state index contributed by atoms with van der Waals surface area (Å²) in [6.45, 7) is 8.38. The Hall–Kier alpha value is -9.24. The largest absolute Gasteiger partial charge is 0.480 e. The maximum Gasteiger partial charge on any atom is 0.343 e. The number of ether oxygens (including phenoxy) is 7. The van der Waals surface area contributed by atoms with E-state index in [0.717, 1.165) is 0 Å². The normalized spacial score (nSPS) is 14.9. The number of alkyl halides is 2. The average molecular weight is 1460 g/mol. The Morgan fingerprint density at radius 3 is 1.97 bits per heavy atom. The lowest BCUT2D eigenvalue weighted by atomic mass is 9.86. The lowest BCUT2D eigenvalue weighted by Crippen LogP contribution is -2.44. The first-order valence-electron chi connectivity index (χ1n) is 35.8. The Bertz CT molecular complexity index is 3970. The van der Waals surface area contributed by atoms with E-state index in [-0.39, 0.29) is 169 Å². The predicted molar refractivity (Wildman–Crippen MR) is 382 cm³/mol. The molecule has 568 valence electrons. The van der Waals surface area contributed by atoms with Crippen LogP contribution in [0.1, 0.15) is 172 Å². The third-order valence-electron chi connectivity index (χ3n) is 17.7. The highest BCUT2D eigenvalue weighted by atomic mass is 19.3. The molecule has 8 rings (SSSR count). The average Bonchev–Trinajstić information content (AvgIpc) is 1.59. The maximum absolute atomic E-state index is 16.6. The Morgan fingerprint density at radius 2 is 1.33 bits per heavy atom. The predicted octanol–water partition coefficient (Wildman–Crippen LogP) is 6.81. The number of anilines is 1. The van der Waals surface area contributed by atoms with Crippen molar-refractivity contribution in [1.82, 2.24) is 35.5 Å². The van der Waals surface area contributed by atoms with Crippen molar-refractivity contribution < 1.29 is 90.5 Å². The number of nitrogens with one attached hydrogen (secondary N) is 4. The number of rotatable bonds is 50. The van der Waals surface area contributed by atoms with Gasteiger partial charge in [-0.3, -0.25) is 38.6 Å². The van der Waals surface area contributed by atoms with Gasteiger partial charge in [0.15, 0.2) is 28.7 Å². The number of hydrogen-bond acceptors (Lipinski definition) is 24. The zero-order chi connectivity index (χ0) is 75.1. The number of carboxylic acids is 1. The third kappa shape index (κ3) is 24.7. The van der Waals surface area contributed by atoms with Crippen molar-refractivity contribution in [3.63, 3.8) is 0 Å². The molecule has 8 N–H and O–H groups in total. The molecule has 2 aromatic carbocycles. The quantitative estimate of drug-likeness (QED) is 0.0117. The van der Waals surface area contributed by atoms with Crippen molar-refractivity contribution in [2.24, 2.45) is 15.7 Å². The smallest absolute Gasteiger partial charge is 0.343 e. The molecule has 6 heterocycles. The number of amides is 3. The number of carboxylic acid groups (broad SMARTS) is 1. The number of aliphatic carboxylic acids is 1. The highest BCUT2D eigenvalue weighted by molar-refractivity contribution is 6.13. The number of unbranched alkanes of at least 4 members (excludes halogenated alkanes) is 2. The van der Waals surface area contributed by atoms with Crippen molar-refractivity contribution in [1.29, 1.82) is 0 Å². The number of pyridine rings is 2. The summed E-state index contributed by atoms with van der Waals surface area (Å²) >= 11 is 0. The topological polar surface area (TPSA) is 401 Å². The summed E-state index contributed by atoms with van der Waals surface area (Å²) < 4.78 is 73.1. The zero-order valence-corrected chi connectivity index (χ0v) is 59.5. The summed E-state index contributed by atoms with van der Waals surface area (Å²) in [6.07, 6.45) is 5.67. The van der Waals surface area contributed by atoms with Crippen LogP contribution in [0.25, 0.3) is 22.3 Å². The van der Waals surface area contributed by atoms with Gasteiger partial charge in [0, 0.05) is 117 Å². The second-order valence-corrected chi connectivity index (χ2v) is 25.7. The van der Waals surface area contributed by atoms with Crippen molar-refractivity contribution in [2.45, 2.75) is 160 Å². The SMILES string of the molecule is CCC1(O)C(=O)OCc2c1cc1n(c2=O)Cc2c-1nc1ccccc1c2C(F)(F)CCCC(C)=NCC(=O)CCCCOCCOCCOCCCCC(=O)CCC(=O)NCCCOCCOCCOCCCNC(=O)CCC(NC(=O)c1ccc(NCc2cnc3c(n2)C(=O)CC(N)=N3)cc1)C(=O)O. The van der Waals surface area contributed by atoms with Crippen molar-refractivity contribution in [2.75, 3.05) is 104 Å². The molecular formula is C74H95F2N11O18. The van der Waals surface area contributed by atoms with E-state index in [4.69, 9.17) is 43.9 Å². The van der Waals surface area contributed by atoms with E-state index < -0.39 is 47.4 Å². The number of cyclic esters (lactones) is 1. The molecule has 29 nitrogen and oxygen atoms in total. The molecule has 3 aromatic heterocycles. The van der Waals surface area contributed by atoms with Gasteiger partial charge in [-0.1, -0.05) is 25.1 Å². The number of carbonyl (C=O) groups excluding carboxylic acids is 7. The van der Waals surface area contributed by atoms with Crippen LogP contribution in [0.4, 0.5) is 20.3 Å². The number of carbonyl (C=O) groups is 8. The Labute approximate surface area is 606 Å². The molecule has 0 spiro atoms. The van der Waals surface area contributed by atoms with Crippen LogP contribution in [0.15, 0.2) is 75.6 Å². The molecule has 0 fully saturated rings. The third-order valence-corrected chi connectivity index (χ3v) is 17.7. The van der Waals surface area contributed by atoms with Gasteiger partial charge in [-0.05, 0) is 108 Å². The van der Waals surface area contributed by atoms with Crippen LogP contribution in [-0.4, -0.2) is 193 Å². The first kappa shape index (κ1) is 81.4. The molecule has 0 saturated carbocycles. The minimum Gasteiger partial charge on any atom is -0.480 e. The van der Waals surface area contributed by atoms with E-state index in [1.54, 1.807) is 50.2 Å². The molecule has 0 radical (unpaired) electrons. The number of nitrogens with two attached hydrogens (primary N) is 1. The fourth-order valence-corrected chi connectivity index (χ4v) is 11.9. The highest BCUT2D eigenvalue weighted by Crippen LogP contribution is 2.46. The summed E-state index contributed by atoms with van der Waals surface area (Å²) in [5.41, 5.74) is 6.13. The van der Waals surface area contributed by atoms with Crippen LogP contribution in [-0.2, 0) is 93.1 Å². The second-order valence-electron chi connectivity index (χ2n) is 25.7. The monoisotopic (exact) mass is 1460 g/mol.